The number of nitrogens with two attached hydrogens (primary N) is 1. The van der Waals surface area contributed by atoms with E-state index in [9.17, 15) is 4.79 Å². The first-order valence-corrected chi connectivity index (χ1v) is 6.88. The Hall–Kier alpha value is -2.57. The molecule has 0 unspecified atom stereocenters. The third-order valence-corrected chi connectivity index (χ3v) is 3.72. The lowest BCUT2D eigenvalue weighted by Crippen LogP contribution is -2.49. The molecule has 1 aliphatic heterocycles. The second-order valence-corrected chi connectivity index (χ2v) is 5.09. The SMILES string of the molecule is Cn1cncc1C(=O)N1CCN(c2ncccc2N)CC1. The molecule has 0 aliphatic carbocycles. The molecule has 1 fully saturated rings. The molecule has 1 aliphatic rings. The molecule has 0 radical (unpaired) electrons. The first kappa shape index (κ1) is 13.4. The van der Waals surface area contributed by atoms with E-state index >= 15 is 0 Å². The highest BCUT2D eigenvalue weighted by Gasteiger charge is 2.24. The van der Waals surface area contributed by atoms with Crippen molar-refractivity contribution in [2.24, 2.45) is 7.05 Å². The van der Waals surface area contributed by atoms with Gasteiger partial charge in [-0.05, 0) is 12.1 Å². The predicted molar refractivity (Wildman–Crippen MR) is 80.0 cm³/mol. The van der Waals surface area contributed by atoms with Crippen molar-refractivity contribution < 1.29 is 4.79 Å². The number of hydrogen-bond donors (Lipinski definition) is 1. The molecule has 0 spiro atoms. The van der Waals surface area contributed by atoms with Gasteiger partial charge >= 0.3 is 0 Å². The molecule has 1 saturated heterocycles. The van der Waals surface area contributed by atoms with Crippen LogP contribution in [0.15, 0.2) is 30.9 Å². The van der Waals surface area contributed by atoms with Gasteiger partial charge in [0.2, 0.25) is 0 Å². The third kappa shape index (κ3) is 2.54. The number of anilines is 2. The zero-order valence-corrected chi connectivity index (χ0v) is 11.9. The van der Waals surface area contributed by atoms with E-state index in [0.29, 0.717) is 24.5 Å². The fourth-order valence-corrected chi connectivity index (χ4v) is 2.52. The van der Waals surface area contributed by atoms with E-state index in [-0.39, 0.29) is 5.91 Å². The van der Waals surface area contributed by atoms with Crippen LogP contribution in [0.1, 0.15) is 10.5 Å². The summed E-state index contributed by atoms with van der Waals surface area (Å²) >= 11 is 0. The Morgan fingerprint density at radius 2 is 2.05 bits per heavy atom. The molecule has 0 saturated carbocycles. The fraction of sp³-hybridized carbons (Fsp3) is 0.357. The maximum absolute atomic E-state index is 12.4. The number of rotatable bonds is 2. The van der Waals surface area contributed by atoms with E-state index < -0.39 is 0 Å². The minimum Gasteiger partial charge on any atom is -0.396 e. The first-order valence-electron chi connectivity index (χ1n) is 6.88. The molecule has 2 aromatic heterocycles. The molecular formula is C14H18N6O. The highest BCUT2D eigenvalue weighted by molar-refractivity contribution is 5.92. The van der Waals surface area contributed by atoms with Crippen LogP contribution in [0.2, 0.25) is 0 Å². The number of piperazine rings is 1. The van der Waals surface area contributed by atoms with Gasteiger partial charge in [0.05, 0.1) is 18.2 Å². The van der Waals surface area contributed by atoms with Gasteiger partial charge in [0, 0.05) is 39.4 Å². The number of aromatic nitrogens is 3. The van der Waals surface area contributed by atoms with Crippen molar-refractivity contribution >= 4 is 17.4 Å². The molecule has 2 N–H and O–H groups in total. The Morgan fingerprint density at radius 3 is 2.67 bits per heavy atom. The van der Waals surface area contributed by atoms with Crippen LogP contribution >= 0.6 is 0 Å². The number of imidazole rings is 1. The van der Waals surface area contributed by atoms with Crippen molar-refractivity contribution in [1.82, 2.24) is 19.4 Å². The number of aryl methyl sites for hydroxylation is 1. The number of amides is 1. The molecule has 0 aromatic carbocycles. The topological polar surface area (TPSA) is 80.3 Å². The Labute approximate surface area is 123 Å². The van der Waals surface area contributed by atoms with Crippen molar-refractivity contribution in [3.8, 4) is 0 Å². The molecular weight excluding hydrogens is 268 g/mol. The standard InChI is InChI=1S/C14H18N6O/c1-18-10-16-9-12(18)14(21)20-7-5-19(6-8-20)13-11(15)3-2-4-17-13/h2-4,9-10H,5-8,15H2,1H3. The second kappa shape index (κ2) is 5.43. The Balaban J connectivity index is 1.67. The van der Waals surface area contributed by atoms with Gasteiger partial charge in [-0.15, -0.1) is 0 Å². The Morgan fingerprint density at radius 1 is 1.29 bits per heavy atom. The molecule has 7 heteroatoms. The molecule has 1 amide bonds. The van der Waals surface area contributed by atoms with Gasteiger partial charge in [0.25, 0.3) is 5.91 Å². The molecule has 3 rings (SSSR count). The van der Waals surface area contributed by atoms with Crippen LogP contribution in [-0.4, -0.2) is 51.5 Å². The highest BCUT2D eigenvalue weighted by Crippen LogP contribution is 2.20. The normalized spacial score (nSPS) is 15.3. The lowest BCUT2D eigenvalue weighted by Gasteiger charge is -2.35. The highest BCUT2D eigenvalue weighted by atomic mass is 16.2. The van der Waals surface area contributed by atoms with Crippen molar-refractivity contribution in [1.29, 1.82) is 0 Å². The minimum atomic E-state index is 0.0173. The summed E-state index contributed by atoms with van der Waals surface area (Å²) in [6, 6.07) is 3.66. The van der Waals surface area contributed by atoms with Crippen molar-refractivity contribution in [2.75, 3.05) is 36.8 Å². The van der Waals surface area contributed by atoms with Crippen LogP contribution in [0.5, 0.6) is 0 Å². The van der Waals surface area contributed by atoms with Crippen LogP contribution in [0.3, 0.4) is 0 Å². The summed E-state index contributed by atoms with van der Waals surface area (Å²) in [5.74, 6) is 0.814. The number of pyridine rings is 1. The van der Waals surface area contributed by atoms with E-state index in [1.54, 1.807) is 23.3 Å². The number of nitrogens with zero attached hydrogens (tertiary/aromatic N) is 5. The average molecular weight is 286 g/mol. The van der Waals surface area contributed by atoms with Crippen LogP contribution in [0.4, 0.5) is 11.5 Å². The lowest BCUT2D eigenvalue weighted by molar-refractivity contribution is 0.0737. The number of carbonyl (C=O) groups excluding carboxylic acids is 1. The quantitative estimate of drug-likeness (QED) is 0.862. The van der Waals surface area contributed by atoms with E-state index in [2.05, 4.69) is 14.9 Å². The number of carbonyl (C=O) groups is 1. The molecule has 110 valence electrons. The van der Waals surface area contributed by atoms with E-state index in [4.69, 9.17) is 5.73 Å². The third-order valence-electron chi connectivity index (χ3n) is 3.72. The Kier molecular flexibility index (Phi) is 3.47. The van der Waals surface area contributed by atoms with Crippen molar-refractivity contribution in [3.05, 3.63) is 36.5 Å². The van der Waals surface area contributed by atoms with Crippen LogP contribution in [0.25, 0.3) is 0 Å². The first-order chi connectivity index (χ1) is 10.2. The zero-order chi connectivity index (χ0) is 14.8. The smallest absolute Gasteiger partial charge is 0.272 e. The summed E-state index contributed by atoms with van der Waals surface area (Å²) in [6.07, 6.45) is 4.97. The van der Waals surface area contributed by atoms with E-state index in [0.717, 1.165) is 18.9 Å². The van der Waals surface area contributed by atoms with Gasteiger partial charge in [-0.3, -0.25) is 4.79 Å². The summed E-state index contributed by atoms with van der Waals surface area (Å²) in [5, 5.41) is 0. The van der Waals surface area contributed by atoms with Gasteiger partial charge in [-0.25, -0.2) is 9.97 Å². The largest absolute Gasteiger partial charge is 0.396 e. The van der Waals surface area contributed by atoms with E-state index in [1.807, 2.05) is 24.1 Å². The zero-order valence-electron chi connectivity index (χ0n) is 11.9. The van der Waals surface area contributed by atoms with Gasteiger partial charge in [0.1, 0.15) is 5.69 Å². The summed E-state index contributed by atoms with van der Waals surface area (Å²) in [6.45, 7) is 2.76. The molecule has 3 heterocycles. The van der Waals surface area contributed by atoms with Gasteiger partial charge in [0.15, 0.2) is 5.82 Å². The van der Waals surface area contributed by atoms with Gasteiger partial charge in [-0.2, -0.15) is 0 Å². The Bertz CT molecular complexity index is 644. The second-order valence-electron chi connectivity index (χ2n) is 5.09. The maximum atomic E-state index is 12.4. The molecule has 0 atom stereocenters. The summed E-state index contributed by atoms with van der Waals surface area (Å²) in [4.78, 5) is 24.7. The molecule has 21 heavy (non-hydrogen) atoms. The monoisotopic (exact) mass is 286 g/mol. The molecule has 2 aromatic rings. The van der Waals surface area contributed by atoms with E-state index in [1.165, 1.54) is 0 Å². The van der Waals surface area contributed by atoms with Crippen molar-refractivity contribution in [2.45, 2.75) is 0 Å². The van der Waals surface area contributed by atoms with Crippen LogP contribution in [0, 0.1) is 0 Å². The average Bonchev–Trinajstić information content (AvgIpc) is 2.93. The summed E-state index contributed by atoms with van der Waals surface area (Å²) in [5.41, 5.74) is 7.23. The summed E-state index contributed by atoms with van der Waals surface area (Å²) in [7, 11) is 1.82. The van der Waals surface area contributed by atoms with Crippen LogP contribution in [-0.2, 0) is 7.05 Å². The van der Waals surface area contributed by atoms with Gasteiger partial charge < -0.3 is 20.1 Å². The van der Waals surface area contributed by atoms with Crippen molar-refractivity contribution in [3.63, 3.8) is 0 Å². The molecule has 7 nitrogen and oxygen atoms in total. The van der Waals surface area contributed by atoms with Gasteiger partial charge in [-0.1, -0.05) is 0 Å². The summed E-state index contributed by atoms with van der Waals surface area (Å²) < 4.78 is 1.74. The number of nitrogen functional groups attached to an aromatic ring is 1. The maximum Gasteiger partial charge on any atom is 0.272 e. The predicted octanol–water partition coefficient (Wildman–Crippen LogP) is 0.360. The lowest BCUT2D eigenvalue weighted by atomic mass is 10.2. The fourth-order valence-electron chi connectivity index (χ4n) is 2.52. The number of hydrogen-bond acceptors (Lipinski definition) is 5. The minimum absolute atomic E-state index is 0.0173. The van der Waals surface area contributed by atoms with Crippen LogP contribution < -0.4 is 10.6 Å². The molecule has 0 bridgehead atoms.